The number of aryl methyl sites for hydroxylation is 1. The van der Waals surface area contributed by atoms with E-state index in [9.17, 15) is 18.0 Å². The number of nitrogens with zero attached hydrogens (tertiary/aromatic N) is 3. The van der Waals surface area contributed by atoms with Gasteiger partial charge in [-0.1, -0.05) is 0 Å². The van der Waals surface area contributed by atoms with Gasteiger partial charge in [0.25, 0.3) is 0 Å². The van der Waals surface area contributed by atoms with Gasteiger partial charge in [0.1, 0.15) is 5.75 Å². The third-order valence-electron chi connectivity index (χ3n) is 3.67. The molecule has 0 aliphatic rings. The number of hydrogen-bond acceptors (Lipinski definition) is 4. The van der Waals surface area contributed by atoms with Crippen molar-refractivity contribution in [2.45, 2.75) is 13.1 Å². The molecule has 0 aliphatic carbocycles. The molecule has 3 rings (SSSR count). The highest BCUT2D eigenvalue weighted by atomic mass is 19.4. The van der Waals surface area contributed by atoms with Crippen LogP contribution in [0.2, 0.25) is 0 Å². The van der Waals surface area contributed by atoms with Crippen molar-refractivity contribution in [2.24, 2.45) is 0 Å². The van der Waals surface area contributed by atoms with Crippen LogP contribution < -0.4 is 10.1 Å². The molecule has 1 aromatic carbocycles. The second-order valence-corrected chi connectivity index (χ2v) is 5.24. The minimum Gasteiger partial charge on any atom is -0.496 e. The van der Waals surface area contributed by atoms with Gasteiger partial charge in [-0.05, 0) is 25.1 Å². The van der Waals surface area contributed by atoms with Crippen molar-refractivity contribution in [3.63, 3.8) is 0 Å². The fourth-order valence-electron chi connectivity index (χ4n) is 2.52. The molecule has 0 spiro atoms. The first-order valence-electron chi connectivity index (χ1n) is 7.16. The van der Waals surface area contributed by atoms with Crippen LogP contribution in [-0.2, 0) is 11.0 Å². The number of carbonyl (C=O) groups is 1. The number of nitrogens with one attached hydrogen (secondary N) is 1. The molecular weight excluding hydrogens is 337 g/mol. The Labute approximate surface area is 140 Å². The molecule has 0 saturated heterocycles. The summed E-state index contributed by atoms with van der Waals surface area (Å²) in [5.74, 6) is -0.300. The van der Waals surface area contributed by atoms with E-state index in [0.29, 0.717) is 34.5 Å². The summed E-state index contributed by atoms with van der Waals surface area (Å²) in [5.41, 5.74) is 1.09. The number of aromatic nitrogens is 3. The lowest BCUT2D eigenvalue weighted by molar-refractivity contribution is -0.138. The fraction of sp³-hybridized carbons (Fsp3) is 0.188. The van der Waals surface area contributed by atoms with E-state index < -0.39 is 11.7 Å². The maximum atomic E-state index is 13.0. The molecule has 2 heterocycles. The molecule has 2 aromatic heterocycles. The lowest BCUT2D eigenvalue weighted by atomic mass is 10.1. The first-order chi connectivity index (χ1) is 11.8. The average molecular weight is 350 g/mol. The zero-order chi connectivity index (χ0) is 18.2. The molecule has 1 N–H and O–H groups in total. The van der Waals surface area contributed by atoms with Gasteiger partial charge in [0.15, 0.2) is 5.65 Å². The average Bonchev–Trinajstić information content (AvgIpc) is 2.90. The van der Waals surface area contributed by atoms with E-state index in [1.54, 1.807) is 13.0 Å². The summed E-state index contributed by atoms with van der Waals surface area (Å²) >= 11 is 0. The molecule has 0 unspecified atom stereocenters. The number of pyridine rings is 1. The molecule has 1 amide bonds. The minimum absolute atomic E-state index is 0.300. The molecule has 0 radical (unpaired) electrons. The normalized spacial score (nSPS) is 11.6. The maximum Gasteiger partial charge on any atom is 0.419 e. The van der Waals surface area contributed by atoms with Crippen molar-refractivity contribution in [1.82, 2.24) is 14.8 Å². The summed E-state index contributed by atoms with van der Waals surface area (Å²) in [6, 6.07) is 5.20. The van der Waals surface area contributed by atoms with Gasteiger partial charge in [-0.2, -0.15) is 18.3 Å². The highest BCUT2D eigenvalue weighted by Crippen LogP contribution is 2.37. The monoisotopic (exact) mass is 350 g/mol. The molecule has 25 heavy (non-hydrogen) atoms. The summed E-state index contributed by atoms with van der Waals surface area (Å²) in [5, 5.41) is 7.49. The van der Waals surface area contributed by atoms with Crippen molar-refractivity contribution in [3.8, 4) is 11.4 Å². The summed E-state index contributed by atoms with van der Waals surface area (Å²) < 4.78 is 45.3. The number of alkyl halides is 3. The predicted octanol–water partition coefficient (Wildman–Crippen LogP) is 3.32. The lowest BCUT2D eigenvalue weighted by Gasteiger charge is -2.13. The number of carbonyl (C=O) groups excluding carboxylic acids is 1. The topological polar surface area (TPSA) is 69.0 Å². The number of anilines is 1. The van der Waals surface area contributed by atoms with E-state index >= 15 is 0 Å². The van der Waals surface area contributed by atoms with Gasteiger partial charge in [0, 0.05) is 11.5 Å². The van der Waals surface area contributed by atoms with Gasteiger partial charge in [-0.15, -0.1) is 0 Å². The van der Waals surface area contributed by atoms with Crippen LogP contribution in [-0.4, -0.2) is 28.3 Å². The first kappa shape index (κ1) is 16.7. The van der Waals surface area contributed by atoms with Crippen molar-refractivity contribution in [2.75, 3.05) is 12.4 Å². The van der Waals surface area contributed by atoms with Crippen LogP contribution in [0.5, 0.6) is 5.75 Å². The van der Waals surface area contributed by atoms with Crippen LogP contribution in [0.25, 0.3) is 16.7 Å². The van der Waals surface area contributed by atoms with Gasteiger partial charge in [-0.3, -0.25) is 4.79 Å². The molecule has 0 bridgehead atoms. The number of amides is 1. The summed E-state index contributed by atoms with van der Waals surface area (Å²) in [4.78, 5) is 14.8. The van der Waals surface area contributed by atoms with Gasteiger partial charge in [0.2, 0.25) is 6.41 Å². The minimum atomic E-state index is -4.51. The predicted molar refractivity (Wildman–Crippen MR) is 84.8 cm³/mol. The third kappa shape index (κ3) is 3.00. The molecule has 0 atom stereocenters. The number of rotatable bonds is 4. The molecule has 0 fully saturated rings. The van der Waals surface area contributed by atoms with Crippen molar-refractivity contribution in [3.05, 3.63) is 41.7 Å². The Balaban J connectivity index is 2.15. The van der Waals surface area contributed by atoms with Crippen LogP contribution in [0.4, 0.5) is 18.9 Å². The highest BCUT2D eigenvalue weighted by Gasteiger charge is 2.34. The van der Waals surface area contributed by atoms with E-state index in [0.717, 1.165) is 6.07 Å². The maximum absolute atomic E-state index is 13.0. The quantitative estimate of drug-likeness (QED) is 0.733. The van der Waals surface area contributed by atoms with Crippen molar-refractivity contribution >= 4 is 23.1 Å². The van der Waals surface area contributed by atoms with Crippen LogP contribution in [0, 0.1) is 6.92 Å². The Morgan fingerprint density at radius 2 is 2.04 bits per heavy atom. The second-order valence-electron chi connectivity index (χ2n) is 5.24. The second kappa shape index (κ2) is 6.08. The van der Waals surface area contributed by atoms with E-state index in [4.69, 9.17) is 4.74 Å². The Bertz CT molecular complexity index is 950. The van der Waals surface area contributed by atoms with Crippen LogP contribution >= 0.6 is 0 Å². The number of ether oxygens (including phenoxy) is 1. The van der Waals surface area contributed by atoms with Crippen LogP contribution in [0.15, 0.2) is 30.5 Å². The van der Waals surface area contributed by atoms with Gasteiger partial charge < -0.3 is 10.1 Å². The molecule has 0 saturated carbocycles. The number of methoxy groups -OCH3 is 1. The smallest absolute Gasteiger partial charge is 0.419 e. The third-order valence-corrected chi connectivity index (χ3v) is 3.67. The number of benzene rings is 1. The fourth-order valence-corrected chi connectivity index (χ4v) is 2.52. The zero-order valence-corrected chi connectivity index (χ0v) is 13.3. The number of halogens is 3. The SMILES string of the molecule is COc1cc(-n2nc(C)c3cc(NC=O)cnc32)ccc1C(F)(F)F. The van der Waals surface area contributed by atoms with E-state index in [-0.39, 0.29) is 5.75 Å². The number of fused-ring (bicyclic) bond motifs is 1. The molecule has 0 aliphatic heterocycles. The van der Waals surface area contributed by atoms with Crippen LogP contribution in [0.3, 0.4) is 0 Å². The molecule has 130 valence electrons. The molecule has 3 aromatic rings. The standard InChI is InChI=1S/C16H13F3N4O2/c1-9-12-5-10(21-8-24)7-20-15(12)23(22-9)11-3-4-13(16(17,18)19)14(6-11)25-2/h3-8H,1-2H3,(H,21,24). The van der Waals surface area contributed by atoms with E-state index in [2.05, 4.69) is 15.4 Å². The zero-order valence-electron chi connectivity index (χ0n) is 13.3. The Hall–Kier alpha value is -3.10. The summed E-state index contributed by atoms with van der Waals surface area (Å²) in [6.07, 6.45) is -2.54. The molecule has 9 heteroatoms. The molecular formula is C16H13F3N4O2. The van der Waals surface area contributed by atoms with Crippen molar-refractivity contribution in [1.29, 1.82) is 0 Å². The van der Waals surface area contributed by atoms with Crippen LogP contribution in [0.1, 0.15) is 11.3 Å². The Morgan fingerprint density at radius 1 is 1.28 bits per heavy atom. The first-order valence-corrected chi connectivity index (χ1v) is 7.16. The van der Waals surface area contributed by atoms with Gasteiger partial charge in [0.05, 0.1) is 35.9 Å². The Morgan fingerprint density at radius 3 is 2.68 bits per heavy atom. The lowest BCUT2D eigenvalue weighted by Crippen LogP contribution is -2.08. The largest absolute Gasteiger partial charge is 0.496 e. The van der Waals surface area contributed by atoms with Gasteiger partial charge >= 0.3 is 6.18 Å². The van der Waals surface area contributed by atoms with E-state index in [1.165, 1.54) is 30.1 Å². The van der Waals surface area contributed by atoms with Crippen molar-refractivity contribution < 1.29 is 22.7 Å². The Kier molecular flexibility index (Phi) is 4.07. The van der Waals surface area contributed by atoms with Gasteiger partial charge in [-0.25, -0.2) is 9.67 Å². The van der Waals surface area contributed by atoms with E-state index in [1.807, 2.05) is 0 Å². The number of hydrogen-bond donors (Lipinski definition) is 1. The highest BCUT2D eigenvalue weighted by molar-refractivity contribution is 5.85. The molecule has 6 nitrogen and oxygen atoms in total. The summed E-state index contributed by atoms with van der Waals surface area (Å²) in [6.45, 7) is 1.74. The summed E-state index contributed by atoms with van der Waals surface area (Å²) in [7, 11) is 1.18.